The maximum Gasteiger partial charge on any atom is 0.416 e. The van der Waals surface area contributed by atoms with Gasteiger partial charge in [-0.05, 0) is 35.2 Å². The Morgan fingerprint density at radius 1 is 0.793 bits per heavy atom. The molecule has 2 N–H and O–H groups in total. The molecule has 0 saturated carbocycles. The molecule has 3 aromatic rings. The topological polar surface area (TPSA) is 29.3 Å². The molecule has 1 aliphatic heterocycles. The first kappa shape index (κ1) is 19.7. The molecule has 1 heterocycles. The number of hydrogen-bond donors (Lipinski definition) is 1. The minimum absolute atomic E-state index is 0.0213. The van der Waals surface area contributed by atoms with Crippen LogP contribution in [0.1, 0.15) is 40.8 Å². The minimum Gasteiger partial charge on any atom is -0.323 e. The van der Waals surface area contributed by atoms with Crippen molar-refractivity contribution in [2.45, 2.75) is 30.7 Å². The Balaban J connectivity index is 1.65. The minimum atomic E-state index is -4.37. The van der Waals surface area contributed by atoms with Crippen LogP contribution in [0.4, 0.5) is 13.2 Å². The summed E-state index contributed by atoms with van der Waals surface area (Å²) in [5.74, 6) is 0. The Kier molecular flexibility index (Phi) is 5.43. The van der Waals surface area contributed by atoms with Crippen LogP contribution in [0.25, 0.3) is 0 Å². The highest BCUT2D eigenvalue weighted by molar-refractivity contribution is 5.34. The molecule has 0 radical (unpaired) electrons. The second kappa shape index (κ2) is 8.01. The molecular weight excluding hydrogens is 373 g/mol. The van der Waals surface area contributed by atoms with E-state index in [1.54, 1.807) is 6.07 Å². The molecule has 0 spiro atoms. The van der Waals surface area contributed by atoms with Gasteiger partial charge in [-0.25, -0.2) is 0 Å². The molecule has 5 heteroatoms. The Bertz CT molecular complexity index is 902. The van der Waals surface area contributed by atoms with Gasteiger partial charge >= 0.3 is 6.18 Å². The fourth-order valence-corrected chi connectivity index (χ4v) is 4.12. The normalized spacial score (nSPS) is 18.4. The van der Waals surface area contributed by atoms with E-state index < -0.39 is 17.8 Å². The number of nitrogens with zero attached hydrogens (tertiary/aromatic N) is 1. The highest BCUT2D eigenvalue weighted by atomic mass is 19.4. The predicted octanol–water partition coefficient (Wildman–Crippen LogP) is 5.57. The number of benzene rings is 3. The lowest BCUT2D eigenvalue weighted by Gasteiger charge is -2.49. The van der Waals surface area contributed by atoms with Gasteiger partial charge in [0.1, 0.15) is 0 Å². The van der Waals surface area contributed by atoms with Gasteiger partial charge in [-0.3, -0.25) is 4.90 Å². The molecule has 1 fully saturated rings. The first-order chi connectivity index (χ1) is 13.9. The van der Waals surface area contributed by atoms with E-state index in [1.807, 2.05) is 36.4 Å². The van der Waals surface area contributed by atoms with Crippen molar-refractivity contribution in [2.24, 2.45) is 5.73 Å². The quantitative estimate of drug-likeness (QED) is 0.611. The number of rotatable bonds is 5. The van der Waals surface area contributed by atoms with Gasteiger partial charge in [-0.15, -0.1) is 0 Å². The van der Waals surface area contributed by atoms with E-state index >= 15 is 0 Å². The molecule has 0 amide bonds. The summed E-state index contributed by atoms with van der Waals surface area (Å²) in [6, 6.07) is 25.2. The summed E-state index contributed by atoms with van der Waals surface area (Å²) in [6.07, 6.45) is -3.51. The van der Waals surface area contributed by atoms with E-state index in [-0.39, 0.29) is 12.1 Å². The molecule has 150 valence electrons. The summed E-state index contributed by atoms with van der Waals surface area (Å²) in [7, 11) is 0. The van der Waals surface area contributed by atoms with Crippen molar-refractivity contribution >= 4 is 0 Å². The number of hydrogen-bond acceptors (Lipinski definition) is 2. The fourth-order valence-electron chi connectivity index (χ4n) is 4.12. The van der Waals surface area contributed by atoms with Crippen molar-refractivity contribution in [3.8, 4) is 0 Å². The van der Waals surface area contributed by atoms with Gasteiger partial charge in [-0.1, -0.05) is 72.8 Å². The first-order valence-corrected chi connectivity index (χ1v) is 9.73. The molecule has 0 aliphatic carbocycles. The summed E-state index contributed by atoms with van der Waals surface area (Å²) in [5, 5.41) is 0. The number of halogens is 3. The van der Waals surface area contributed by atoms with E-state index in [9.17, 15) is 13.2 Å². The van der Waals surface area contributed by atoms with Gasteiger partial charge in [0.2, 0.25) is 0 Å². The van der Waals surface area contributed by atoms with E-state index in [1.165, 1.54) is 12.1 Å². The van der Waals surface area contributed by atoms with Crippen LogP contribution in [-0.4, -0.2) is 17.5 Å². The van der Waals surface area contributed by atoms with E-state index in [0.717, 1.165) is 30.2 Å². The van der Waals surface area contributed by atoms with Crippen molar-refractivity contribution in [2.75, 3.05) is 6.54 Å². The highest BCUT2D eigenvalue weighted by Crippen LogP contribution is 2.40. The molecular formula is C24H23F3N2. The Labute approximate surface area is 168 Å². The molecule has 0 bridgehead atoms. The maximum atomic E-state index is 13.1. The third-order valence-corrected chi connectivity index (χ3v) is 5.68. The predicted molar refractivity (Wildman–Crippen MR) is 108 cm³/mol. The molecule has 0 unspecified atom stereocenters. The molecule has 29 heavy (non-hydrogen) atoms. The molecule has 4 rings (SSSR count). The molecule has 1 aliphatic rings. The van der Waals surface area contributed by atoms with Crippen molar-refractivity contribution < 1.29 is 13.2 Å². The monoisotopic (exact) mass is 396 g/mol. The van der Waals surface area contributed by atoms with Crippen molar-refractivity contribution in [1.82, 2.24) is 4.90 Å². The SMILES string of the molecule is N[C@H](c1cccc(C(F)(F)F)c1)[C@H]1CCN1C(c1ccccc1)c1ccccc1. The Morgan fingerprint density at radius 2 is 1.34 bits per heavy atom. The van der Waals surface area contributed by atoms with Crippen LogP contribution in [0.3, 0.4) is 0 Å². The summed E-state index contributed by atoms with van der Waals surface area (Å²) in [6.45, 7) is 0.853. The van der Waals surface area contributed by atoms with Crippen LogP contribution in [0.5, 0.6) is 0 Å². The van der Waals surface area contributed by atoms with Gasteiger partial charge in [0.25, 0.3) is 0 Å². The van der Waals surface area contributed by atoms with Gasteiger partial charge in [0.15, 0.2) is 0 Å². The van der Waals surface area contributed by atoms with E-state index in [0.29, 0.717) is 5.56 Å². The van der Waals surface area contributed by atoms with E-state index in [2.05, 4.69) is 29.2 Å². The smallest absolute Gasteiger partial charge is 0.323 e. The molecule has 2 nitrogen and oxygen atoms in total. The summed E-state index contributed by atoms with van der Waals surface area (Å²) < 4.78 is 39.4. The van der Waals surface area contributed by atoms with E-state index in [4.69, 9.17) is 5.73 Å². The lowest BCUT2D eigenvalue weighted by atomic mass is 9.85. The highest BCUT2D eigenvalue weighted by Gasteiger charge is 2.40. The fraction of sp³-hybridized carbons (Fsp3) is 0.250. The first-order valence-electron chi connectivity index (χ1n) is 9.73. The number of likely N-dealkylation sites (tertiary alicyclic amines) is 1. The zero-order chi connectivity index (χ0) is 20.4. The standard InChI is InChI=1S/C24H23F3N2/c25-24(26,27)20-13-7-12-19(16-20)22(28)21-14-15-29(21)23(17-8-3-1-4-9-17)18-10-5-2-6-11-18/h1-13,16,21-23H,14-15,28H2/t21-,22-/m1/s1. The zero-order valence-electron chi connectivity index (χ0n) is 15.9. The van der Waals surface area contributed by atoms with Gasteiger partial charge in [0, 0.05) is 18.6 Å². The summed E-state index contributed by atoms with van der Waals surface area (Å²) in [5.41, 5.74) is 8.66. The second-order valence-corrected chi connectivity index (χ2v) is 7.47. The van der Waals surface area contributed by atoms with Crippen LogP contribution in [0, 0.1) is 0 Å². The maximum absolute atomic E-state index is 13.1. The van der Waals surface area contributed by atoms with Crippen LogP contribution >= 0.6 is 0 Å². The molecule has 0 aromatic heterocycles. The molecule has 2 atom stereocenters. The Morgan fingerprint density at radius 3 is 1.83 bits per heavy atom. The largest absolute Gasteiger partial charge is 0.416 e. The Hall–Kier alpha value is -2.63. The van der Waals surface area contributed by atoms with Crippen molar-refractivity contribution in [1.29, 1.82) is 0 Å². The molecule has 3 aromatic carbocycles. The van der Waals surface area contributed by atoms with Crippen LogP contribution < -0.4 is 5.73 Å². The lowest BCUT2D eigenvalue weighted by Crippen LogP contribution is -2.54. The lowest BCUT2D eigenvalue weighted by molar-refractivity contribution is -0.137. The summed E-state index contributed by atoms with van der Waals surface area (Å²) in [4.78, 5) is 2.30. The van der Waals surface area contributed by atoms with Crippen LogP contribution in [0.2, 0.25) is 0 Å². The average Bonchev–Trinajstić information content (AvgIpc) is 2.72. The second-order valence-electron chi connectivity index (χ2n) is 7.47. The zero-order valence-corrected chi connectivity index (χ0v) is 15.9. The number of nitrogens with two attached hydrogens (primary N) is 1. The average molecular weight is 396 g/mol. The van der Waals surface area contributed by atoms with Crippen LogP contribution in [0.15, 0.2) is 84.9 Å². The number of alkyl halides is 3. The van der Waals surface area contributed by atoms with Gasteiger partial charge in [-0.2, -0.15) is 13.2 Å². The van der Waals surface area contributed by atoms with Crippen molar-refractivity contribution in [3.05, 3.63) is 107 Å². The third-order valence-electron chi connectivity index (χ3n) is 5.68. The summed E-state index contributed by atoms with van der Waals surface area (Å²) >= 11 is 0. The van der Waals surface area contributed by atoms with Gasteiger partial charge in [0.05, 0.1) is 11.6 Å². The third kappa shape index (κ3) is 4.07. The van der Waals surface area contributed by atoms with Gasteiger partial charge < -0.3 is 5.73 Å². The molecule has 1 saturated heterocycles. The van der Waals surface area contributed by atoms with Crippen molar-refractivity contribution in [3.63, 3.8) is 0 Å². The van der Waals surface area contributed by atoms with Crippen LogP contribution in [-0.2, 0) is 6.18 Å².